The second-order valence-corrected chi connectivity index (χ2v) is 1.92. The summed E-state index contributed by atoms with van der Waals surface area (Å²) in [5.74, 6) is 0. The Bertz CT molecular complexity index is 149. The molecule has 2 heteroatoms. The van der Waals surface area contributed by atoms with Crippen LogP contribution in [0.5, 0.6) is 0 Å². The van der Waals surface area contributed by atoms with Crippen molar-refractivity contribution in [2.45, 2.75) is 0 Å². The van der Waals surface area contributed by atoms with Crippen molar-refractivity contribution in [1.29, 1.82) is 0 Å². The van der Waals surface area contributed by atoms with Crippen LogP contribution in [0.25, 0.3) is 0 Å². The summed E-state index contributed by atoms with van der Waals surface area (Å²) in [6.07, 6.45) is 0. The molecule has 0 fully saturated rings. The van der Waals surface area contributed by atoms with E-state index in [1.807, 2.05) is 60.7 Å². The Morgan fingerprint density at radius 2 is 0.833 bits per heavy atom. The largest absolute Gasteiger partial charge is 4.00 e. The van der Waals surface area contributed by atoms with Crippen molar-refractivity contribution in [2.75, 3.05) is 0 Å². The van der Waals surface area contributed by atoms with Crippen molar-refractivity contribution in [3.05, 3.63) is 60.7 Å². The normalized spacial score (nSPS) is 6.67. The smallest absolute Gasteiger partial charge is 1.00 e. The summed E-state index contributed by atoms with van der Waals surface area (Å²) in [4.78, 5) is 0. The first-order valence-corrected chi connectivity index (χ1v) is 3.33. The second-order valence-electron chi connectivity index (χ2n) is 1.92. The Morgan fingerprint density at radius 3 is 0.917 bits per heavy atom. The van der Waals surface area contributed by atoms with Gasteiger partial charge >= 0.3 is 26.2 Å². The molecule has 0 bridgehead atoms. The molecule has 0 saturated heterocycles. The molecule has 0 amide bonds. The number of hydrogen-bond acceptors (Lipinski definition) is 0. The quantitative estimate of drug-likeness (QED) is 0.574. The fraction of sp³-hybridized carbons (Fsp3) is 0. The third-order valence-electron chi connectivity index (χ3n) is 1.11. The molecule has 0 nitrogen and oxygen atoms in total. The van der Waals surface area contributed by atoms with Crippen LogP contribution in [0.15, 0.2) is 60.7 Å². The zero-order chi connectivity index (χ0) is 7.07. The Labute approximate surface area is 98.9 Å². The topological polar surface area (TPSA) is 0 Å². The van der Waals surface area contributed by atoms with E-state index < -0.39 is 0 Å². The van der Waals surface area contributed by atoms with Crippen molar-refractivity contribution in [3.63, 3.8) is 0 Å². The van der Waals surface area contributed by atoms with Gasteiger partial charge in [0.1, 0.15) is 0 Å². The summed E-state index contributed by atoms with van der Waals surface area (Å²) in [5, 5.41) is 0. The predicted molar refractivity (Wildman–Crippen MR) is 44.1 cm³/mol. The average molecular weight is 257 g/mol. The van der Waals surface area contributed by atoms with Crippen LogP contribution in [0.3, 0.4) is 0 Å². The van der Waals surface area contributed by atoms with Gasteiger partial charge in [0.25, 0.3) is 0 Å². The molecule has 0 unspecified atom stereocenters. The van der Waals surface area contributed by atoms with Crippen molar-refractivity contribution in [3.8, 4) is 0 Å². The van der Waals surface area contributed by atoms with Gasteiger partial charge in [0, 0.05) is 0 Å². The van der Waals surface area contributed by atoms with E-state index in [-0.39, 0.29) is 38.6 Å². The average Bonchev–Trinajstić information content (AvgIpc) is 2.67. The molecule has 0 heterocycles. The van der Waals surface area contributed by atoms with Crippen molar-refractivity contribution >= 4 is 0 Å². The van der Waals surface area contributed by atoms with Crippen molar-refractivity contribution < 1.29 is 38.6 Å². The maximum atomic E-state index is 2.00. The van der Waals surface area contributed by atoms with E-state index in [0.717, 1.165) is 0 Å². The van der Waals surface area contributed by atoms with Gasteiger partial charge in [-0.3, -0.25) is 0 Å². The summed E-state index contributed by atoms with van der Waals surface area (Å²) in [7, 11) is 0. The third kappa shape index (κ3) is 7.97. The summed E-state index contributed by atoms with van der Waals surface area (Å²) in [5.41, 5.74) is 0. The Morgan fingerprint density at radius 1 is 0.583 bits per heavy atom. The van der Waals surface area contributed by atoms with E-state index in [1.54, 1.807) is 0 Å². The zero-order valence-electron chi connectivity index (χ0n) is 6.65. The summed E-state index contributed by atoms with van der Waals surface area (Å²) in [6, 6.07) is 20.0. The van der Waals surface area contributed by atoms with Gasteiger partial charge in [-0.1, -0.05) is 0 Å². The SMILES string of the molecule is [Cl-].[Zr+4].c1cc[cH-]c1.c1cc[cH-]c1. The molecular weight excluding hydrogens is 247 g/mol. The maximum Gasteiger partial charge on any atom is 4.00 e. The van der Waals surface area contributed by atoms with Gasteiger partial charge in [0.2, 0.25) is 0 Å². The first-order valence-electron chi connectivity index (χ1n) is 3.33. The monoisotopic (exact) mass is 255 g/mol. The molecule has 0 radical (unpaired) electrons. The summed E-state index contributed by atoms with van der Waals surface area (Å²) < 4.78 is 0. The maximum absolute atomic E-state index is 2.00. The van der Waals surface area contributed by atoms with Gasteiger partial charge in [0.05, 0.1) is 0 Å². The molecule has 0 atom stereocenters. The number of rotatable bonds is 0. The molecule has 0 aliphatic rings. The van der Waals surface area contributed by atoms with Crippen LogP contribution in [0, 0.1) is 0 Å². The number of hydrogen-bond donors (Lipinski definition) is 0. The molecule has 0 aliphatic carbocycles. The summed E-state index contributed by atoms with van der Waals surface area (Å²) in [6.45, 7) is 0. The number of halogens is 1. The first kappa shape index (κ1) is 14.4. The second kappa shape index (κ2) is 10.9. The van der Waals surface area contributed by atoms with Crippen LogP contribution in [0.4, 0.5) is 0 Å². The minimum Gasteiger partial charge on any atom is -1.00 e. The van der Waals surface area contributed by atoms with Gasteiger partial charge in [0.15, 0.2) is 0 Å². The van der Waals surface area contributed by atoms with Crippen LogP contribution in [0.2, 0.25) is 0 Å². The van der Waals surface area contributed by atoms with E-state index in [2.05, 4.69) is 0 Å². The molecule has 2 aromatic rings. The van der Waals surface area contributed by atoms with Crippen LogP contribution in [-0.4, -0.2) is 0 Å². The van der Waals surface area contributed by atoms with Gasteiger partial charge in [-0.25, -0.2) is 24.3 Å². The van der Waals surface area contributed by atoms with E-state index in [4.69, 9.17) is 0 Å². The van der Waals surface area contributed by atoms with Gasteiger partial charge in [-0.15, -0.1) is 0 Å². The fourth-order valence-corrected chi connectivity index (χ4v) is 0.642. The van der Waals surface area contributed by atoms with Gasteiger partial charge in [-0.2, -0.15) is 36.4 Å². The minimum atomic E-state index is 0. The van der Waals surface area contributed by atoms with E-state index in [1.165, 1.54) is 0 Å². The van der Waals surface area contributed by atoms with Gasteiger partial charge < -0.3 is 12.4 Å². The molecule has 0 aliphatic heterocycles. The van der Waals surface area contributed by atoms with E-state index in [0.29, 0.717) is 0 Å². The molecule has 0 saturated carbocycles. The molecule has 0 spiro atoms. The van der Waals surface area contributed by atoms with E-state index >= 15 is 0 Å². The molecule has 0 aromatic heterocycles. The Hall–Kier alpha value is -0.127. The fourth-order valence-electron chi connectivity index (χ4n) is 0.642. The van der Waals surface area contributed by atoms with Crippen LogP contribution >= 0.6 is 0 Å². The van der Waals surface area contributed by atoms with Crippen LogP contribution < -0.4 is 12.4 Å². The molecular formula is C10H10ClZr+. The molecule has 12 heavy (non-hydrogen) atoms. The van der Waals surface area contributed by atoms with Crippen molar-refractivity contribution in [1.82, 2.24) is 0 Å². The summed E-state index contributed by atoms with van der Waals surface area (Å²) >= 11 is 0. The predicted octanol–water partition coefficient (Wildman–Crippen LogP) is -0.187. The van der Waals surface area contributed by atoms with Crippen molar-refractivity contribution in [2.24, 2.45) is 0 Å². The van der Waals surface area contributed by atoms with Gasteiger partial charge in [-0.05, 0) is 0 Å². The Balaban J connectivity index is 0. The molecule has 60 valence electrons. The Kier molecular flexibility index (Phi) is 13.0. The molecule has 0 N–H and O–H groups in total. The zero-order valence-corrected chi connectivity index (χ0v) is 9.87. The third-order valence-corrected chi connectivity index (χ3v) is 1.11. The first-order chi connectivity index (χ1) is 5.00. The van der Waals surface area contributed by atoms with Crippen LogP contribution in [-0.2, 0) is 26.2 Å². The molecule has 2 rings (SSSR count). The minimum absolute atomic E-state index is 0. The standard InChI is InChI=1S/2C5H5.ClH.Zr/c2*1-2-4-5-3-1;;/h2*1-5H;1H;/q2*-1;;+4/p-1. The van der Waals surface area contributed by atoms with Crippen LogP contribution in [0.1, 0.15) is 0 Å². The molecule has 2 aromatic carbocycles. The van der Waals surface area contributed by atoms with E-state index in [9.17, 15) is 0 Å².